The number of hydrogen-bond acceptors (Lipinski definition) is 1. The van der Waals surface area contributed by atoms with Crippen molar-refractivity contribution in [1.29, 1.82) is 0 Å². The molecule has 0 heterocycles. The van der Waals surface area contributed by atoms with E-state index in [4.69, 9.17) is 0 Å². The molecule has 1 nitrogen and oxygen atoms in total. The molecule has 1 atom stereocenters. The molecule has 0 saturated heterocycles. The van der Waals surface area contributed by atoms with Crippen LogP contribution < -0.4 is 0 Å². The van der Waals surface area contributed by atoms with Crippen LogP contribution in [-0.2, 0) is 4.79 Å². The molecule has 0 bridgehead atoms. The van der Waals surface area contributed by atoms with Gasteiger partial charge in [-0.25, -0.2) is 0 Å². The summed E-state index contributed by atoms with van der Waals surface area (Å²) in [5.74, 6) is -0.0961. The highest BCUT2D eigenvalue weighted by Crippen LogP contribution is 2.10. The summed E-state index contributed by atoms with van der Waals surface area (Å²) in [6.07, 6.45) is 1.93. The van der Waals surface area contributed by atoms with Crippen LogP contribution in [0.5, 0.6) is 0 Å². The molecule has 1 rings (SSSR count). The second-order valence-electron chi connectivity index (χ2n) is 2.25. The fourth-order valence-electron chi connectivity index (χ4n) is 0.810. The average molecular weight is 133 g/mol. The SMILES string of the molecule is C[C@H]([C]=O)c1ccccc1. The lowest BCUT2D eigenvalue weighted by Gasteiger charge is -1.99. The van der Waals surface area contributed by atoms with Crippen molar-refractivity contribution < 1.29 is 4.79 Å². The van der Waals surface area contributed by atoms with E-state index in [0.717, 1.165) is 5.56 Å². The predicted octanol–water partition coefficient (Wildman–Crippen LogP) is 1.90. The van der Waals surface area contributed by atoms with E-state index in [9.17, 15) is 4.79 Å². The third-order valence-electron chi connectivity index (χ3n) is 1.48. The highest BCUT2D eigenvalue weighted by Gasteiger charge is 2.01. The highest BCUT2D eigenvalue weighted by molar-refractivity contribution is 5.61. The minimum Gasteiger partial charge on any atom is -0.290 e. The Morgan fingerprint density at radius 1 is 1.30 bits per heavy atom. The molecule has 1 aromatic rings. The zero-order valence-corrected chi connectivity index (χ0v) is 5.87. The summed E-state index contributed by atoms with van der Waals surface area (Å²) >= 11 is 0. The summed E-state index contributed by atoms with van der Waals surface area (Å²) < 4.78 is 0. The summed E-state index contributed by atoms with van der Waals surface area (Å²) in [5.41, 5.74) is 1.03. The fourth-order valence-corrected chi connectivity index (χ4v) is 0.810. The summed E-state index contributed by atoms with van der Waals surface area (Å²) in [7, 11) is 0. The topological polar surface area (TPSA) is 17.1 Å². The van der Waals surface area contributed by atoms with Crippen molar-refractivity contribution in [2.75, 3.05) is 0 Å². The molecular weight excluding hydrogens is 124 g/mol. The Hall–Kier alpha value is -1.11. The van der Waals surface area contributed by atoms with Crippen molar-refractivity contribution in [1.82, 2.24) is 0 Å². The van der Waals surface area contributed by atoms with Crippen molar-refractivity contribution in [2.24, 2.45) is 0 Å². The molecule has 51 valence electrons. The molecular formula is C9H9O. The van der Waals surface area contributed by atoms with Crippen LogP contribution in [-0.4, -0.2) is 6.29 Å². The first-order valence-corrected chi connectivity index (χ1v) is 3.27. The van der Waals surface area contributed by atoms with Gasteiger partial charge in [0.1, 0.15) is 0 Å². The van der Waals surface area contributed by atoms with Gasteiger partial charge in [-0.15, -0.1) is 0 Å². The lowest BCUT2D eigenvalue weighted by Crippen LogP contribution is -1.92. The minimum absolute atomic E-state index is 0.0961. The Kier molecular flexibility index (Phi) is 2.21. The monoisotopic (exact) mass is 133 g/mol. The van der Waals surface area contributed by atoms with Crippen molar-refractivity contribution in [2.45, 2.75) is 12.8 Å². The zero-order valence-electron chi connectivity index (χ0n) is 5.87. The minimum atomic E-state index is -0.0961. The van der Waals surface area contributed by atoms with E-state index in [0.29, 0.717) is 0 Å². The van der Waals surface area contributed by atoms with Gasteiger partial charge in [-0.05, 0) is 5.56 Å². The molecule has 0 aliphatic rings. The normalized spacial score (nSPS) is 12.5. The van der Waals surface area contributed by atoms with Gasteiger partial charge in [0.25, 0.3) is 0 Å². The zero-order chi connectivity index (χ0) is 7.40. The predicted molar refractivity (Wildman–Crippen MR) is 40.6 cm³/mol. The Bertz CT molecular complexity index is 203. The molecule has 1 heteroatoms. The molecule has 0 aliphatic heterocycles. The van der Waals surface area contributed by atoms with Gasteiger partial charge in [0.2, 0.25) is 6.29 Å². The Morgan fingerprint density at radius 2 is 1.90 bits per heavy atom. The lowest BCUT2D eigenvalue weighted by molar-refractivity contribution is 0.546. The van der Waals surface area contributed by atoms with E-state index in [2.05, 4.69) is 0 Å². The highest BCUT2D eigenvalue weighted by atomic mass is 16.1. The molecule has 0 spiro atoms. The average Bonchev–Trinajstić information content (AvgIpc) is 2.05. The van der Waals surface area contributed by atoms with Gasteiger partial charge in [-0.2, -0.15) is 0 Å². The summed E-state index contributed by atoms with van der Waals surface area (Å²) in [5, 5.41) is 0. The third kappa shape index (κ3) is 1.44. The van der Waals surface area contributed by atoms with Crippen LogP contribution >= 0.6 is 0 Å². The van der Waals surface area contributed by atoms with Crippen LogP contribution in [0.25, 0.3) is 0 Å². The van der Waals surface area contributed by atoms with Gasteiger partial charge in [0.05, 0.1) is 0 Å². The van der Waals surface area contributed by atoms with Gasteiger partial charge in [-0.3, -0.25) is 4.79 Å². The van der Waals surface area contributed by atoms with Gasteiger partial charge in [0, 0.05) is 5.92 Å². The molecule has 0 amide bonds. The fraction of sp³-hybridized carbons (Fsp3) is 0.222. The smallest absolute Gasteiger partial charge is 0.206 e. The Labute approximate surface area is 60.7 Å². The molecule has 10 heavy (non-hydrogen) atoms. The number of hydrogen-bond donors (Lipinski definition) is 0. The van der Waals surface area contributed by atoms with Gasteiger partial charge >= 0.3 is 0 Å². The second-order valence-corrected chi connectivity index (χ2v) is 2.25. The maximum Gasteiger partial charge on any atom is 0.206 e. The molecule has 1 radical (unpaired) electrons. The van der Waals surface area contributed by atoms with Crippen molar-refractivity contribution in [3.8, 4) is 0 Å². The molecule has 0 aliphatic carbocycles. The van der Waals surface area contributed by atoms with E-state index in [1.165, 1.54) is 0 Å². The van der Waals surface area contributed by atoms with Crippen molar-refractivity contribution in [3.05, 3.63) is 35.9 Å². The molecule has 0 fully saturated rings. The maximum absolute atomic E-state index is 10.2. The van der Waals surface area contributed by atoms with Crippen molar-refractivity contribution in [3.63, 3.8) is 0 Å². The molecule has 0 N–H and O–H groups in total. The Morgan fingerprint density at radius 3 is 2.40 bits per heavy atom. The van der Waals surface area contributed by atoms with Crippen LogP contribution in [0.2, 0.25) is 0 Å². The van der Waals surface area contributed by atoms with Crippen LogP contribution in [0.4, 0.5) is 0 Å². The third-order valence-corrected chi connectivity index (χ3v) is 1.48. The Balaban J connectivity index is 2.84. The number of carbonyl (C=O) groups excluding carboxylic acids is 1. The second kappa shape index (κ2) is 3.16. The van der Waals surface area contributed by atoms with E-state index < -0.39 is 0 Å². The summed E-state index contributed by atoms with van der Waals surface area (Å²) in [4.78, 5) is 10.2. The van der Waals surface area contributed by atoms with Gasteiger partial charge in [0.15, 0.2) is 0 Å². The largest absolute Gasteiger partial charge is 0.290 e. The quantitative estimate of drug-likeness (QED) is 0.602. The van der Waals surface area contributed by atoms with Crippen LogP contribution in [0.3, 0.4) is 0 Å². The first-order valence-electron chi connectivity index (χ1n) is 3.27. The lowest BCUT2D eigenvalue weighted by atomic mass is 10.0. The van der Waals surface area contributed by atoms with Gasteiger partial charge in [-0.1, -0.05) is 37.3 Å². The molecule has 0 saturated carbocycles. The molecule has 0 unspecified atom stereocenters. The number of rotatable bonds is 2. The van der Waals surface area contributed by atoms with E-state index in [1.807, 2.05) is 43.5 Å². The van der Waals surface area contributed by atoms with Crippen LogP contribution in [0.1, 0.15) is 18.4 Å². The molecule has 0 aromatic heterocycles. The molecule has 1 aromatic carbocycles. The van der Waals surface area contributed by atoms with Crippen molar-refractivity contribution >= 4 is 6.29 Å². The van der Waals surface area contributed by atoms with E-state index in [1.54, 1.807) is 0 Å². The van der Waals surface area contributed by atoms with Crippen LogP contribution in [0.15, 0.2) is 30.3 Å². The standard InChI is InChI=1S/C9H9O/c1-8(7-10)9-5-3-2-4-6-9/h2-6,8H,1H3/t8-/m1/s1. The van der Waals surface area contributed by atoms with E-state index in [-0.39, 0.29) is 5.92 Å². The summed E-state index contributed by atoms with van der Waals surface area (Å²) in [6, 6.07) is 9.62. The van der Waals surface area contributed by atoms with E-state index >= 15 is 0 Å². The van der Waals surface area contributed by atoms with Gasteiger partial charge < -0.3 is 0 Å². The number of benzene rings is 1. The summed E-state index contributed by atoms with van der Waals surface area (Å²) in [6.45, 7) is 1.84. The van der Waals surface area contributed by atoms with Crippen LogP contribution in [0, 0.1) is 0 Å². The first kappa shape index (κ1) is 7.00. The maximum atomic E-state index is 10.2. The first-order chi connectivity index (χ1) is 4.84.